The van der Waals surface area contributed by atoms with Gasteiger partial charge in [0.2, 0.25) is 0 Å². The molecule has 4 nitrogen and oxygen atoms in total. The molecule has 0 aromatic carbocycles. The fourth-order valence-electron chi connectivity index (χ4n) is 1.02. The zero-order valence-electron chi connectivity index (χ0n) is 7.24. The van der Waals surface area contributed by atoms with Crippen molar-refractivity contribution in [3.8, 4) is 10.7 Å². The summed E-state index contributed by atoms with van der Waals surface area (Å²) >= 11 is 4.60. The van der Waals surface area contributed by atoms with Crippen molar-refractivity contribution in [2.45, 2.75) is 6.92 Å². The predicted molar refractivity (Wildman–Crippen MR) is 58.4 cm³/mol. The smallest absolute Gasteiger partial charge is 0.265 e. The third-order valence-electron chi connectivity index (χ3n) is 1.69. The third-order valence-corrected chi connectivity index (χ3v) is 3.41. The van der Waals surface area contributed by atoms with E-state index in [9.17, 15) is 4.79 Å². The van der Waals surface area contributed by atoms with Crippen LogP contribution in [0.1, 0.15) is 5.69 Å². The molecule has 0 aliphatic rings. The van der Waals surface area contributed by atoms with Crippen molar-refractivity contribution in [2.24, 2.45) is 0 Å². The summed E-state index contributed by atoms with van der Waals surface area (Å²) in [5, 5.41) is 0. The molecule has 14 heavy (non-hydrogen) atoms. The van der Waals surface area contributed by atoms with Gasteiger partial charge in [0.15, 0.2) is 5.82 Å². The number of nitrogens with one attached hydrogen (secondary N) is 1. The number of hydrogen-bond acceptors (Lipinski definition) is 4. The van der Waals surface area contributed by atoms with Crippen molar-refractivity contribution < 1.29 is 0 Å². The van der Waals surface area contributed by atoms with E-state index < -0.39 is 0 Å². The number of thiazole rings is 1. The molecule has 0 saturated heterocycles. The summed E-state index contributed by atoms with van der Waals surface area (Å²) in [6.45, 7) is 1.78. The Hall–Kier alpha value is -1.01. The van der Waals surface area contributed by atoms with Gasteiger partial charge in [-0.3, -0.25) is 9.78 Å². The fraction of sp³-hybridized carbons (Fsp3) is 0.125. The molecule has 2 rings (SSSR count). The molecule has 2 aromatic rings. The summed E-state index contributed by atoms with van der Waals surface area (Å²) in [7, 11) is 0. The second-order valence-corrected chi connectivity index (χ2v) is 4.36. The van der Waals surface area contributed by atoms with Gasteiger partial charge < -0.3 is 4.98 Å². The molecule has 2 aromatic heterocycles. The van der Waals surface area contributed by atoms with Crippen LogP contribution in [-0.2, 0) is 0 Å². The van der Waals surface area contributed by atoms with Crippen molar-refractivity contribution in [2.75, 3.05) is 0 Å². The molecule has 0 unspecified atom stereocenters. The van der Waals surface area contributed by atoms with E-state index in [1.165, 1.54) is 11.3 Å². The normalized spacial score (nSPS) is 10.4. The van der Waals surface area contributed by atoms with Crippen LogP contribution in [0.2, 0.25) is 0 Å². The van der Waals surface area contributed by atoms with Crippen molar-refractivity contribution >= 4 is 27.3 Å². The monoisotopic (exact) mass is 271 g/mol. The first-order valence-electron chi connectivity index (χ1n) is 3.84. The Morgan fingerprint density at radius 3 is 2.93 bits per heavy atom. The molecule has 6 heteroatoms. The van der Waals surface area contributed by atoms with Crippen LogP contribution in [0.4, 0.5) is 0 Å². The van der Waals surface area contributed by atoms with Gasteiger partial charge >= 0.3 is 0 Å². The molecule has 0 saturated carbocycles. The van der Waals surface area contributed by atoms with Gasteiger partial charge in [0.1, 0.15) is 4.47 Å². The van der Waals surface area contributed by atoms with Gasteiger partial charge in [-0.15, -0.1) is 11.3 Å². The van der Waals surface area contributed by atoms with E-state index in [-0.39, 0.29) is 5.56 Å². The lowest BCUT2D eigenvalue weighted by Crippen LogP contribution is -2.11. The van der Waals surface area contributed by atoms with E-state index in [1.807, 2.05) is 0 Å². The van der Waals surface area contributed by atoms with E-state index >= 15 is 0 Å². The van der Waals surface area contributed by atoms with Crippen molar-refractivity contribution in [1.82, 2.24) is 15.0 Å². The molecule has 0 radical (unpaired) electrons. The summed E-state index contributed by atoms with van der Waals surface area (Å²) in [4.78, 5) is 23.1. The molecule has 0 atom stereocenters. The number of rotatable bonds is 1. The van der Waals surface area contributed by atoms with Crippen molar-refractivity contribution in [1.29, 1.82) is 0 Å². The van der Waals surface area contributed by atoms with E-state index in [0.29, 0.717) is 16.0 Å². The van der Waals surface area contributed by atoms with Crippen LogP contribution < -0.4 is 5.56 Å². The molecule has 1 N–H and O–H groups in total. The first-order chi connectivity index (χ1) is 6.68. The Bertz CT molecular complexity index is 506. The highest BCUT2D eigenvalue weighted by Crippen LogP contribution is 2.19. The van der Waals surface area contributed by atoms with Crippen LogP contribution in [0.5, 0.6) is 0 Å². The van der Waals surface area contributed by atoms with Crippen LogP contribution in [0.25, 0.3) is 10.7 Å². The minimum absolute atomic E-state index is 0.166. The topological polar surface area (TPSA) is 58.6 Å². The van der Waals surface area contributed by atoms with Crippen LogP contribution >= 0.6 is 27.3 Å². The maximum absolute atomic E-state index is 11.4. The highest BCUT2D eigenvalue weighted by atomic mass is 79.9. The van der Waals surface area contributed by atoms with Crippen LogP contribution in [0.15, 0.2) is 21.0 Å². The second-order valence-electron chi connectivity index (χ2n) is 2.68. The zero-order valence-corrected chi connectivity index (χ0v) is 9.65. The zero-order chi connectivity index (χ0) is 10.1. The van der Waals surface area contributed by atoms with Crippen LogP contribution in [-0.4, -0.2) is 15.0 Å². The van der Waals surface area contributed by atoms with Crippen molar-refractivity contribution in [3.63, 3.8) is 0 Å². The number of aromatic amines is 1. The summed E-state index contributed by atoms with van der Waals surface area (Å²) < 4.78 is 0.478. The molecular weight excluding hydrogens is 266 g/mol. The fourth-order valence-corrected chi connectivity index (χ4v) is 1.77. The number of hydrogen-bond donors (Lipinski definition) is 1. The third kappa shape index (κ3) is 1.62. The standard InChI is InChI=1S/C8H6BrN3OS/c1-4-6(9)8(13)12-7(11-4)5-2-10-3-14-5/h2-3H,1H3,(H,11,12,13). The minimum Gasteiger partial charge on any atom is -0.305 e. The maximum atomic E-state index is 11.4. The van der Waals surface area contributed by atoms with Crippen LogP contribution in [0.3, 0.4) is 0 Å². The van der Waals surface area contributed by atoms with E-state index in [2.05, 4.69) is 30.9 Å². The largest absolute Gasteiger partial charge is 0.305 e. The predicted octanol–water partition coefficient (Wildman–Crippen LogP) is 1.96. The Balaban J connectivity index is 2.63. The molecule has 0 bridgehead atoms. The SMILES string of the molecule is Cc1nc(-c2cncs2)[nH]c(=O)c1Br. The average Bonchev–Trinajstić information content (AvgIpc) is 2.66. The molecule has 0 spiro atoms. The summed E-state index contributed by atoms with van der Waals surface area (Å²) in [5.41, 5.74) is 2.21. The van der Waals surface area contributed by atoms with Gasteiger partial charge in [0.25, 0.3) is 5.56 Å². The quantitative estimate of drug-likeness (QED) is 0.863. The van der Waals surface area contributed by atoms with Gasteiger partial charge in [-0.1, -0.05) is 0 Å². The number of nitrogens with zero attached hydrogens (tertiary/aromatic N) is 2. The Morgan fingerprint density at radius 1 is 1.57 bits per heavy atom. The highest BCUT2D eigenvalue weighted by molar-refractivity contribution is 9.10. The molecule has 2 heterocycles. The summed E-state index contributed by atoms with van der Waals surface area (Å²) in [6, 6.07) is 0. The molecule has 0 amide bonds. The van der Waals surface area contributed by atoms with E-state index in [0.717, 1.165) is 4.88 Å². The number of halogens is 1. The molecule has 0 fully saturated rings. The van der Waals surface area contributed by atoms with E-state index in [4.69, 9.17) is 0 Å². The maximum Gasteiger partial charge on any atom is 0.265 e. The number of H-pyrrole nitrogens is 1. The lowest BCUT2D eigenvalue weighted by molar-refractivity contribution is 1.06. The lowest BCUT2D eigenvalue weighted by Gasteiger charge is -1.99. The molecular formula is C8H6BrN3OS. The van der Waals surface area contributed by atoms with E-state index in [1.54, 1.807) is 18.6 Å². The Morgan fingerprint density at radius 2 is 2.36 bits per heavy atom. The van der Waals surface area contributed by atoms with Gasteiger partial charge in [0, 0.05) is 6.20 Å². The van der Waals surface area contributed by atoms with Crippen LogP contribution in [0, 0.1) is 6.92 Å². The Labute approximate surface area is 92.2 Å². The summed E-state index contributed by atoms with van der Waals surface area (Å²) in [5.74, 6) is 0.568. The van der Waals surface area contributed by atoms with Gasteiger partial charge in [-0.05, 0) is 22.9 Å². The summed E-state index contributed by atoms with van der Waals surface area (Å²) in [6.07, 6.45) is 1.68. The molecule has 0 aliphatic carbocycles. The Kier molecular flexibility index (Phi) is 2.47. The lowest BCUT2D eigenvalue weighted by atomic mass is 10.4. The second kappa shape index (κ2) is 3.62. The molecule has 0 aliphatic heterocycles. The number of aryl methyl sites for hydroxylation is 1. The van der Waals surface area contributed by atoms with Gasteiger partial charge in [0.05, 0.1) is 16.1 Å². The van der Waals surface area contributed by atoms with Crippen molar-refractivity contribution in [3.05, 3.63) is 32.2 Å². The van der Waals surface area contributed by atoms with Gasteiger partial charge in [-0.25, -0.2) is 4.98 Å². The van der Waals surface area contributed by atoms with Gasteiger partial charge in [-0.2, -0.15) is 0 Å². The first-order valence-corrected chi connectivity index (χ1v) is 5.51. The average molecular weight is 272 g/mol. The minimum atomic E-state index is -0.166. The first kappa shape index (κ1) is 9.54. The highest BCUT2D eigenvalue weighted by Gasteiger charge is 2.07. The molecule has 72 valence electrons. The number of aromatic nitrogens is 3.